The van der Waals surface area contributed by atoms with Crippen molar-refractivity contribution in [3.05, 3.63) is 23.8 Å². The molecule has 0 saturated heterocycles. The minimum Gasteiger partial charge on any atom is -0.486 e. The lowest BCUT2D eigenvalue weighted by atomic mass is 10.1. The molecule has 0 fully saturated rings. The molecule has 0 aromatic heterocycles. The van der Waals surface area contributed by atoms with Crippen molar-refractivity contribution in [2.75, 3.05) is 19.8 Å². The standard InChI is InChI=1S/C15H24N2O4S/c1-12(2)17-22(18,19)16-8-4-3-5-13-6-7-14-15(11-13)21-10-9-20-14/h6-7,11-12,16-17H,3-5,8-10H2,1-2H3. The van der Waals surface area contributed by atoms with Crippen LogP contribution in [0.1, 0.15) is 32.3 Å². The highest BCUT2D eigenvalue weighted by Gasteiger charge is 2.12. The number of rotatable bonds is 8. The lowest BCUT2D eigenvalue weighted by Crippen LogP contribution is -2.40. The van der Waals surface area contributed by atoms with Crippen molar-refractivity contribution in [1.29, 1.82) is 0 Å². The lowest BCUT2D eigenvalue weighted by Gasteiger charge is -2.18. The van der Waals surface area contributed by atoms with E-state index in [1.54, 1.807) is 13.8 Å². The Bertz CT molecular complexity index is 587. The Hall–Kier alpha value is -1.31. The van der Waals surface area contributed by atoms with Crippen molar-refractivity contribution in [2.24, 2.45) is 0 Å². The molecular formula is C15H24N2O4S. The maximum atomic E-state index is 11.6. The van der Waals surface area contributed by atoms with Crippen LogP contribution in [0, 0.1) is 0 Å². The molecule has 0 bridgehead atoms. The Morgan fingerprint density at radius 3 is 2.59 bits per heavy atom. The van der Waals surface area contributed by atoms with E-state index in [1.165, 1.54) is 5.56 Å². The topological polar surface area (TPSA) is 76.7 Å². The van der Waals surface area contributed by atoms with Crippen LogP contribution in [-0.4, -0.2) is 34.2 Å². The summed E-state index contributed by atoms with van der Waals surface area (Å²) in [5, 5.41) is 0. The second-order valence-corrected chi connectivity index (χ2v) is 7.14. The van der Waals surface area contributed by atoms with Crippen molar-refractivity contribution in [2.45, 2.75) is 39.2 Å². The van der Waals surface area contributed by atoms with Gasteiger partial charge in [-0.3, -0.25) is 0 Å². The van der Waals surface area contributed by atoms with Gasteiger partial charge in [-0.25, -0.2) is 4.72 Å². The van der Waals surface area contributed by atoms with Gasteiger partial charge in [0.2, 0.25) is 0 Å². The van der Waals surface area contributed by atoms with Crippen LogP contribution in [0.25, 0.3) is 0 Å². The summed E-state index contributed by atoms with van der Waals surface area (Å²) in [6, 6.07) is 5.85. The molecule has 0 amide bonds. The van der Waals surface area contributed by atoms with Gasteiger partial charge in [-0.1, -0.05) is 6.07 Å². The Balaban J connectivity index is 1.71. The van der Waals surface area contributed by atoms with Gasteiger partial charge in [0.25, 0.3) is 10.2 Å². The van der Waals surface area contributed by atoms with Crippen molar-refractivity contribution >= 4 is 10.2 Å². The molecule has 0 radical (unpaired) electrons. The molecular weight excluding hydrogens is 304 g/mol. The molecule has 0 aliphatic carbocycles. The number of nitrogens with one attached hydrogen (secondary N) is 2. The van der Waals surface area contributed by atoms with Gasteiger partial charge in [0.05, 0.1) is 0 Å². The van der Waals surface area contributed by atoms with E-state index in [4.69, 9.17) is 9.47 Å². The van der Waals surface area contributed by atoms with E-state index in [2.05, 4.69) is 9.44 Å². The van der Waals surface area contributed by atoms with Crippen LogP contribution in [0.3, 0.4) is 0 Å². The van der Waals surface area contributed by atoms with Crippen LogP contribution < -0.4 is 18.9 Å². The summed E-state index contributed by atoms with van der Waals surface area (Å²) >= 11 is 0. The molecule has 22 heavy (non-hydrogen) atoms. The third-order valence-corrected chi connectivity index (χ3v) is 4.55. The normalized spacial score (nSPS) is 14.3. The van der Waals surface area contributed by atoms with E-state index in [-0.39, 0.29) is 6.04 Å². The molecule has 1 heterocycles. The van der Waals surface area contributed by atoms with Crippen LogP contribution in [0.2, 0.25) is 0 Å². The van der Waals surface area contributed by atoms with Gasteiger partial charge in [0.1, 0.15) is 13.2 Å². The summed E-state index contributed by atoms with van der Waals surface area (Å²) in [4.78, 5) is 0. The highest BCUT2D eigenvalue weighted by Crippen LogP contribution is 2.31. The van der Waals surface area contributed by atoms with Gasteiger partial charge in [-0.2, -0.15) is 13.1 Å². The van der Waals surface area contributed by atoms with E-state index in [0.717, 1.165) is 30.8 Å². The average molecular weight is 328 g/mol. The first-order valence-corrected chi connectivity index (χ1v) is 9.10. The third-order valence-electron chi connectivity index (χ3n) is 3.18. The van der Waals surface area contributed by atoms with Crippen LogP contribution in [0.15, 0.2) is 18.2 Å². The molecule has 1 aliphatic heterocycles. The van der Waals surface area contributed by atoms with Gasteiger partial charge in [0, 0.05) is 12.6 Å². The van der Waals surface area contributed by atoms with Crippen LogP contribution >= 0.6 is 0 Å². The lowest BCUT2D eigenvalue weighted by molar-refractivity contribution is 0.171. The quantitative estimate of drug-likeness (QED) is 0.711. The van der Waals surface area contributed by atoms with Crippen molar-refractivity contribution in [1.82, 2.24) is 9.44 Å². The van der Waals surface area contributed by atoms with Crippen LogP contribution in [0.5, 0.6) is 11.5 Å². The Kier molecular flexibility index (Phi) is 6.05. The summed E-state index contributed by atoms with van der Waals surface area (Å²) in [5.74, 6) is 1.59. The maximum absolute atomic E-state index is 11.6. The number of hydrogen-bond donors (Lipinski definition) is 2. The SMILES string of the molecule is CC(C)NS(=O)(=O)NCCCCc1ccc2c(c1)OCCO2. The molecule has 0 spiro atoms. The minimum absolute atomic E-state index is 0.102. The highest BCUT2D eigenvalue weighted by molar-refractivity contribution is 7.87. The second-order valence-electron chi connectivity index (χ2n) is 5.61. The first kappa shape index (κ1) is 17.1. The fourth-order valence-electron chi connectivity index (χ4n) is 2.26. The first-order chi connectivity index (χ1) is 10.5. The van der Waals surface area contributed by atoms with E-state index < -0.39 is 10.2 Å². The van der Waals surface area contributed by atoms with Gasteiger partial charge in [-0.05, 0) is 50.8 Å². The fourth-order valence-corrected chi connectivity index (χ4v) is 3.37. The molecule has 7 heteroatoms. The van der Waals surface area contributed by atoms with Crippen LogP contribution in [-0.2, 0) is 16.6 Å². The Morgan fingerprint density at radius 2 is 1.86 bits per heavy atom. The summed E-state index contributed by atoms with van der Waals surface area (Å²) in [6.45, 7) is 5.20. The molecule has 2 N–H and O–H groups in total. The van der Waals surface area contributed by atoms with Crippen LogP contribution in [0.4, 0.5) is 0 Å². The van der Waals surface area contributed by atoms with Gasteiger partial charge >= 0.3 is 0 Å². The molecule has 6 nitrogen and oxygen atoms in total. The van der Waals surface area contributed by atoms with E-state index in [0.29, 0.717) is 19.8 Å². The molecule has 0 unspecified atom stereocenters. The molecule has 0 atom stereocenters. The predicted molar refractivity (Wildman–Crippen MR) is 85.6 cm³/mol. The van der Waals surface area contributed by atoms with E-state index in [1.807, 2.05) is 18.2 Å². The molecule has 124 valence electrons. The zero-order chi connectivity index (χ0) is 16.0. The molecule has 1 aromatic carbocycles. The number of aryl methyl sites for hydroxylation is 1. The minimum atomic E-state index is -3.37. The van der Waals surface area contributed by atoms with Crippen molar-refractivity contribution in [3.63, 3.8) is 0 Å². The van der Waals surface area contributed by atoms with Gasteiger partial charge in [0.15, 0.2) is 11.5 Å². The van der Waals surface area contributed by atoms with Crippen molar-refractivity contribution in [3.8, 4) is 11.5 Å². The Morgan fingerprint density at radius 1 is 1.14 bits per heavy atom. The summed E-state index contributed by atoms with van der Waals surface area (Å²) in [6.07, 6.45) is 2.58. The second kappa shape index (κ2) is 7.80. The summed E-state index contributed by atoms with van der Waals surface area (Å²) < 4.78 is 39.2. The Labute approximate surface area is 132 Å². The zero-order valence-corrected chi connectivity index (χ0v) is 13.9. The summed E-state index contributed by atoms with van der Waals surface area (Å²) in [7, 11) is -3.37. The van der Waals surface area contributed by atoms with Gasteiger partial charge < -0.3 is 9.47 Å². The fraction of sp³-hybridized carbons (Fsp3) is 0.600. The monoisotopic (exact) mass is 328 g/mol. The van der Waals surface area contributed by atoms with Crippen molar-refractivity contribution < 1.29 is 17.9 Å². The highest BCUT2D eigenvalue weighted by atomic mass is 32.2. The molecule has 1 aromatic rings. The third kappa shape index (κ3) is 5.47. The summed E-state index contributed by atoms with van der Waals surface area (Å²) in [5.41, 5.74) is 1.17. The smallest absolute Gasteiger partial charge is 0.277 e. The average Bonchev–Trinajstić information content (AvgIpc) is 2.45. The number of fused-ring (bicyclic) bond motifs is 1. The zero-order valence-electron chi connectivity index (χ0n) is 13.1. The number of hydrogen-bond acceptors (Lipinski definition) is 4. The predicted octanol–water partition coefficient (Wildman–Crippen LogP) is 1.61. The molecule has 0 saturated carbocycles. The number of unbranched alkanes of at least 4 members (excludes halogenated alkanes) is 1. The van der Waals surface area contributed by atoms with E-state index >= 15 is 0 Å². The first-order valence-electron chi connectivity index (χ1n) is 7.62. The largest absolute Gasteiger partial charge is 0.486 e. The number of ether oxygens (including phenoxy) is 2. The van der Waals surface area contributed by atoms with E-state index in [9.17, 15) is 8.42 Å². The number of benzene rings is 1. The maximum Gasteiger partial charge on any atom is 0.277 e. The molecule has 2 rings (SSSR count). The van der Waals surface area contributed by atoms with Gasteiger partial charge in [-0.15, -0.1) is 0 Å². The molecule has 1 aliphatic rings.